The van der Waals surface area contributed by atoms with E-state index < -0.39 is 18.0 Å². The largest absolute Gasteiger partial charge is 0.480 e. The maximum absolute atomic E-state index is 11.2. The van der Waals surface area contributed by atoms with Crippen molar-refractivity contribution >= 4 is 17.9 Å². The van der Waals surface area contributed by atoms with Gasteiger partial charge in [-0.1, -0.05) is 19.8 Å². The maximum atomic E-state index is 11.2. The van der Waals surface area contributed by atoms with E-state index in [4.69, 9.17) is 5.11 Å². The van der Waals surface area contributed by atoms with Gasteiger partial charge in [-0.2, -0.15) is 0 Å². The normalized spacial score (nSPS) is 11.7. The summed E-state index contributed by atoms with van der Waals surface area (Å²) in [5, 5.41) is 11.8. The highest BCUT2D eigenvalue weighted by Crippen LogP contribution is 2.08. The summed E-state index contributed by atoms with van der Waals surface area (Å²) in [5.74, 6) is -1.31. The van der Waals surface area contributed by atoms with Crippen LogP contribution in [-0.4, -0.2) is 40.2 Å². The van der Waals surface area contributed by atoms with Crippen molar-refractivity contribution in [1.82, 2.24) is 9.97 Å². The lowest BCUT2D eigenvalue weighted by molar-refractivity contribution is -0.138. The van der Waals surface area contributed by atoms with Crippen LogP contribution in [0.1, 0.15) is 36.5 Å². The van der Waals surface area contributed by atoms with Crippen LogP contribution in [0.2, 0.25) is 0 Å². The van der Waals surface area contributed by atoms with Gasteiger partial charge >= 0.3 is 11.9 Å². The number of ether oxygens (including phenoxy) is 1. The first kappa shape index (κ1) is 14.9. The van der Waals surface area contributed by atoms with Crippen molar-refractivity contribution in [2.24, 2.45) is 0 Å². The zero-order valence-electron chi connectivity index (χ0n) is 10.9. The molecule has 0 aromatic carbocycles. The van der Waals surface area contributed by atoms with Crippen LogP contribution in [0.5, 0.6) is 0 Å². The van der Waals surface area contributed by atoms with Crippen LogP contribution in [-0.2, 0) is 9.53 Å². The highest BCUT2D eigenvalue weighted by molar-refractivity contribution is 5.88. The number of unbranched alkanes of at least 4 members (excludes halogenated alkanes) is 1. The third-order valence-electron chi connectivity index (χ3n) is 2.52. The third-order valence-corrected chi connectivity index (χ3v) is 2.52. The SMILES string of the molecule is CCCC[C@H](Nc1ncc(C(=O)OC)cn1)C(=O)O. The van der Waals surface area contributed by atoms with Crippen LogP contribution in [0.25, 0.3) is 0 Å². The number of aliphatic carboxylic acids is 1. The molecular weight excluding hydrogens is 250 g/mol. The van der Waals surface area contributed by atoms with Gasteiger partial charge in [0.15, 0.2) is 0 Å². The number of nitrogens with one attached hydrogen (secondary N) is 1. The second-order valence-corrected chi connectivity index (χ2v) is 3.96. The number of rotatable bonds is 7. The van der Waals surface area contributed by atoms with Crippen LogP contribution in [0.15, 0.2) is 12.4 Å². The summed E-state index contributed by atoms with van der Waals surface area (Å²) in [7, 11) is 1.26. The Morgan fingerprint density at radius 1 is 1.42 bits per heavy atom. The molecular formula is C12H17N3O4. The minimum absolute atomic E-state index is 0.177. The molecule has 2 N–H and O–H groups in total. The summed E-state index contributed by atoms with van der Waals surface area (Å²) in [6, 6.07) is -0.732. The number of esters is 1. The van der Waals surface area contributed by atoms with Crippen LogP contribution in [0.4, 0.5) is 5.95 Å². The molecule has 1 aromatic heterocycles. The van der Waals surface area contributed by atoms with E-state index in [1.807, 2.05) is 6.92 Å². The first-order valence-electron chi connectivity index (χ1n) is 5.98. The molecule has 1 atom stereocenters. The molecule has 0 fully saturated rings. The van der Waals surface area contributed by atoms with Crippen molar-refractivity contribution in [2.45, 2.75) is 32.2 Å². The predicted octanol–water partition coefficient (Wildman–Crippen LogP) is 1.32. The van der Waals surface area contributed by atoms with Crippen LogP contribution >= 0.6 is 0 Å². The summed E-state index contributed by atoms with van der Waals surface area (Å²) in [5.41, 5.74) is 0.216. The number of carbonyl (C=O) groups is 2. The average Bonchev–Trinajstić information content (AvgIpc) is 2.43. The van der Waals surface area contributed by atoms with E-state index in [-0.39, 0.29) is 11.5 Å². The van der Waals surface area contributed by atoms with Crippen LogP contribution in [0.3, 0.4) is 0 Å². The number of hydrogen-bond donors (Lipinski definition) is 2. The highest BCUT2D eigenvalue weighted by Gasteiger charge is 2.17. The van der Waals surface area contributed by atoms with Gasteiger partial charge in [-0.05, 0) is 6.42 Å². The average molecular weight is 267 g/mol. The molecule has 19 heavy (non-hydrogen) atoms. The Kier molecular flexibility index (Phi) is 5.72. The summed E-state index contributed by atoms with van der Waals surface area (Å²) < 4.78 is 4.52. The number of carboxylic acid groups (broad SMARTS) is 1. The second-order valence-electron chi connectivity index (χ2n) is 3.96. The van der Waals surface area contributed by atoms with E-state index in [1.54, 1.807) is 0 Å². The number of aromatic nitrogens is 2. The van der Waals surface area contributed by atoms with E-state index in [9.17, 15) is 9.59 Å². The number of methoxy groups -OCH3 is 1. The third kappa shape index (κ3) is 4.53. The highest BCUT2D eigenvalue weighted by atomic mass is 16.5. The zero-order chi connectivity index (χ0) is 14.3. The minimum atomic E-state index is -0.950. The van der Waals surface area contributed by atoms with E-state index in [2.05, 4.69) is 20.0 Å². The van der Waals surface area contributed by atoms with Crippen molar-refractivity contribution in [2.75, 3.05) is 12.4 Å². The Morgan fingerprint density at radius 2 is 2.05 bits per heavy atom. The second kappa shape index (κ2) is 7.30. The maximum Gasteiger partial charge on any atom is 0.341 e. The number of carboxylic acids is 1. The lowest BCUT2D eigenvalue weighted by Gasteiger charge is -2.13. The fourth-order valence-electron chi connectivity index (χ4n) is 1.45. The lowest BCUT2D eigenvalue weighted by atomic mass is 10.1. The fraction of sp³-hybridized carbons (Fsp3) is 0.500. The summed E-state index contributed by atoms with van der Waals surface area (Å²) >= 11 is 0. The molecule has 0 saturated carbocycles. The lowest BCUT2D eigenvalue weighted by Crippen LogP contribution is -2.30. The van der Waals surface area contributed by atoms with Gasteiger partial charge in [0.25, 0.3) is 0 Å². The molecule has 1 heterocycles. The molecule has 0 aliphatic rings. The van der Waals surface area contributed by atoms with Gasteiger partial charge in [0.05, 0.1) is 12.7 Å². The molecule has 0 saturated heterocycles. The molecule has 7 nitrogen and oxygen atoms in total. The molecule has 1 rings (SSSR count). The minimum Gasteiger partial charge on any atom is -0.480 e. The number of nitrogens with zero attached hydrogens (tertiary/aromatic N) is 2. The fourth-order valence-corrected chi connectivity index (χ4v) is 1.45. The van der Waals surface area contributed by atoms with Gasteiger partial charge in [0.2, 0.25) is 5.95 Å². The van der Waals surface area contributed by atoms with Gasteiger partial charge in [0.1, 0.15) is 6.04 Å². The molecule has 0 bridgehead atoms. The summed E-state index contributed by atoms with van der Waals surface area (Å²) in [6.07, 6.45) is 4.78. The standard InChI is InChI=1S/C12H17N3O4/c1-3-4-5-9(10(16)17)15-12-13-6-8(7-14-12)11(18)19-2/h6-7,9H,3-5H2,1-2H3,(H,16,17)(H,13,14,15)/t9-/m0/s1. The topological polar surface area (TPSA) is 101 Å². The van der Waals surface area contributed by atoms with Crippen molar-refractivity contribution in [3.05, 3.63) is 18.0 Å². The van der Waals surface area contributed by atoms with Crippen molar-refractivity contribution in [1.29, 1.82) is 0 Å². The van der Waals surface area contributed by atoms with E-state index >= 15 is 0 Å². The molecule has 0 radical (unpaired) electrons. The molecule has 0 unspecified atom stereocenters. The van der Waals surface area contributed by atoms with Crippen molar-refractivity contribution in [3.8, 4) is 0 Å². The molecule has 1 aromatic rings. The zero-order valence-corrected chi connectivity index (χ0v) is 10.9. The van der Waals surface area contributed by atoms with Gasteiger partial charge in [-0.25, -0.2) is 19.6 Å². The van der Waals surface area contributed by atoms with Gasteiger partial charge in [-0.15, -0.1) is 0 Å². The molecule has 0 aliphatic carbocycles. The Balaban J connectivity index is 2.69. The molecule has 0 aliphatic heterocycles. The summed E-state index contributed by atoms with van der Waals surface area (Å²) in [6.45, 7) is 1.99. The van der Waals surface area contributed by atoms with Crippen LogP contribution in [0, 0.1) is 0 Å². The van der Waals surface area contributed by atoms with Gasteiger partial charge < -0.3 is 15.2 Å². The number of anilines is 1. The number of hydrogen-bond acceptors (Lipinski definition) is 6. The Hall–Kier alpha value is -2.18. The molecule has 0 amide bonds. The van der Waals surface area contributed by atoms with E-state index in [0.717, 1.165) is 12.8 Å². The summed E-state index contributed by atoms with van der Waals surface area (Å²) in [4.78, 5) is 30.0. The number of carbonyl (C=O) groups excluding carboxylic acids is 1. The monoisotopic (exact) mass is 267 g/mol. The Bertz CT molecular complexity index is 433. The molecule has 0 spiro atoms. The molecule has 104 valence electrons. The van der Waals surface area contributed by atoms with Crippen LogP contribution < -0.4 is 5.32 Å². The Labute approximate surface area is 111 Å². The van der Waals surface area contributed by atoms with Gasteiger partial charge in [0, 0.05) is 12.4 Å². The quantitative estimate of drug-likeness (QED) is 0.718. The first-order chi connectivity index (χ1) is 9.08. The smallest absolute Gasteiger partial charge is 0.341 e. The van der Waals surface area contributed by atoms with E-state index in [0.29, 0.717) is 6.42 Å². The first-order valence-corrected chi connectivity index (χ1v) is 5.98. The van der Waals surface area contributed by atoms with Crippen molar-refractivity contribution < 1.29 is 19.4 Å². The molecule has 7 heteroatoms. The Morgan fingerprint density at radius 3 is 2.53 bits per heavy atom. The predicted molar refractivity (Wildman–Crippen MR) is 67.9 cm³/mol. The van der Waals surface area contributed by atoms with Gasteiger partial charge in [-0.3, -0.25) is 0 Å². The van der Waals surface area contributed by atoms with E-state index in [1.165, 1.54) is 19.5 Å². The van der Waals surface area contributed by atoms with Crippen molar-refractivity contribution in [3.63, 3.8) is 0 Å².